The number of hydrogen-bond acceptors (Lipinski definition) is 3. The Kier molecular flexibility index (Phi) is 4.17. The van der Waals surface area contributed by atoms with Gasteiger partial charge < -0.3 is 0 Å². The summed E-state index contributed by atoms with van der Waals surface area (Å²) in [5.74, 6) is 0.737. The maximum Gasteiger partial charge on any atom is 0.243 e. The highest BCUT2D eigenvalue weighted by Crippen LogP contribution is 2.28. The van der Waals surface area contributed by atoms with E-state index in [4.69, 9.17) is 5.26 Å². The molecule has 1 aliphatic heterocycles. The minimum absolute atomic E-state index is 0.262. The first kappa shape index (κ1) is 15.0. The third-order valence-electron chi connectivity index (χ3n) is 3.77. The van der Waals surface area contributed by atoms with E-state index in [0.29, 0.717) is 36.1 Å². The van der Waals surface area contributed by atoms with Gasteiger partial charge in [0, 0.05) is 13.1 Å². The number of piperidine rings is 1. The first-order valence-electron chi connectivity index (χ1n) is 6.85. The summed E-state index contributed by atoms with van der Waals surface area (Å²) in [6, 6.07) is 6.83. The molecule has 0 aromatic heterocycles. The van der Waals surface area contributed by atoms with Gasteiger partial charge in [0.1, 0.15) is 0 Å². The Labute approximate surface area is 121 Å². The van der Waals surface area contributed by atoms with Crippen molar-refractivity contribution in [2.45, 2.75) is 32.1 Å². The van der Waals surface area contributed by atoms with Crippen LogP contribution >= 0.6 is 0 Å². The van der Waals surface area contributed by atoms with E-state index in [-0.39, 0.29) is 4.90 Å². The van der Waals surface area contributed by atoms with Crippen LogP contribution in [0.3, 0.4) is 0 Å². The van der Waals surface area contributed by atoms with Crippen LogP contribution in [0.4, 0.5) is 0 Å². The molecule has 0 amide bonds. The summed E-state index contributed by atoms with van der Waals surface area (Å²) in [6.45, 7) is 7.05. The third-order valence-corrected chi connectivity index (χ3v) is 5.74. The Balaban J connectivity index is 2.42. The van der Waals surface area contributed by atoms with E-state index in [9.17, 15) is 8.42 Å². The summed E-state index contributed by atoms with van der Waals surface area (Å²) in [5, 5.41) is 8.95. The molecule has 0 radical (unpaired) electrons. The molecule has 0 bridgehead atoms. The molecule has 2 rings (SSSR count). The normalized spacial score (nSPS) is 24.3. The topological polar surface area (TPSA) is 61.2 Å². The summed E-state index contributed by atoms with van der Waals surface area (Å²) >= 11 is 0. The molecule has 0 saturated carbocycles. The number of aryl methyl sites for hydroxylation is 1. The second-order valence-corrected chi connectivity index (χ2v) is 7.77. The summed E-state index contributed by atoms with van der Waals surface area (Å²) in [4.78, 5) is 0.262. The molecule has 1 heterocycles. The molecule has 1 saturated heterocycles. The molecule has 1 aliphatic rings. The fraction of sp³-hybridized carbons (Fsp3) is 0.533. The second kappa shape index (κ2) is 5.55. The third kappa shape index (κ3) is 2.87. The van der Waals surface area contributed by atoms with E-state index in [0.717, 1.165) is 6.42 Å². The fourth-order valence-electron chi connectivity index (χ4n) is 2.89. The smallest absolute Gasteiger partial charge is 0.207 e. The van der Waals surface area contributed by atoms with E-state index >= 15 is 0 Å². The van der Waals surface area contributed by atoms with E-state index in [1.165, 1.54) is 6.07 Å². The van der Waals surface area contributed by atoms with Gasteiger partial charge in [0.15, 0.2) is 0 Å². The van der Waals surface area contributed by atoms with Crippen LogP contribution in [0.5, 0.6) is 0 Å². The zero-order valence-electron chi connectivity index (χ0n) is 12.1. The van der Waals surface area contributed by atoms with Crippen LogP contribution in [0.1, 0.15) is 31.4 Å². The lowest BCUT2D eigenvalue weighted by atomic mass is 9.94. The van der Waals surface area contributed by atoms with Crippen LogP contribution < -0.4 is 0 Å². The van der Waals surface area contributed by atoms with Gasteiger partial charge in [-0.25, -0.2) is 8.42 Å². The van der Waals surface area contributed by atoms with Crippen molar-refractivity contribution < 1.29 is 8.42 Å². The van der Waals surface area contributed by atoms with Gasteiger partial charge >= 0.3 is 0 Å². The quantitative estimate of drug-likeness (QED) is 0.841. The van der Waals surface area contributed by atoms with E-state index in [1.54, 1.807) is 23.4 Å². The first-order valence-corrected chi connectivity index (χ1v) is 8.29. The molecule has 1 aromatic carbocycles. The monoisotopic (exact) mass is 292 g/mol. The molecule has 4 nitrogen and oxygen atoms in total. The largest absolute Gasteiger partial charge is 0.243 e. The lowest BCUT2D eigenvalue weighted by Gasteiger charge is -2.34. The standard InChI is InChI=1S/C15H20N2O2S/c1-11-6-12(2)10-17(9-11)20(18,19)15-7-14(8-16)5-4-13(15)3/h4-5,7,11-12H,6,9-10H2,1-3H3. The predicted octanol–water partition coefficient (Wildman–Crippen LogP) is 2.53. The number of nitriles is 1. The Morgan fingerprint density at radius 3 is 2.40 bits per heavy atom. The maximum atomic E-state index is 12.8. The molecule has 108 valence electrons. The van der Waals surface area contributed by atoms with E-state index < -0.39 is 10.0 Å². The van der Waals surface area contributed by atoms with Gasteiger partial charge in [0.05, 0.1) is 16.5 Å². The van der Waals surface area contributed by atoms with Gasteiger partial charge in [0.2, 0.25) is 10.0 Å². The zero-order chi connectivity index (χ0) is 14.9. The highest BCUT2D eigenvalue weighted by Gasteiger charge is 2.32. The van der Waals surface area contributed by atoms with Gasteiger partial charge in [0.25, 0.3) is 0 Å². The minimum Gasteiger partial charge on any atom is -0.207 e. The van der Waals surface area contributed by atoms with Crippen LogP contribution in [0.25, 0.3) is 0 Å². The highest BCUT2D eigenvalue weighted by atomic mass is 32.2. The summed E-state index contributed by atoms with van der Waals surface area (Å²) < 4.78 is 27.1. The van der Waals surface area contributed by atoms with Crippen molar-refractivity contribution >= 4 is 10.0 Å². The Bertz CT molecular complexity index is 636. The molecule has 2 unspecified atom stereocenters. The number of benzene rings is 1. The zero-order valence-corrected chi connectivity index (χ0v) is 12.9. The molecular formula is C15H20N2O2S. The lowest BCUT2D eigenvalue weighted by molar-refractivity contribution is 0.222. The van der Waals surface area contributed by atoms with Gasteiger partial charge in [-0.05, 0) is 42.9 Å². The average Bonchev–Trinajstić information content (AvgIpc) is 2.38. The molecule has 0 aliphatic carbocycles. The average molecular weight is 292 g/mol. The maximum absolute atomic E-state index is 12.8. The van der Waals surface area contributed by atoms with Crippen LogP contribution in [0, 0.1) is 30.1 Å². The van der Waals surface area contributed by atoms with Crippen LogP contribution in [-0.4, -0.2) is 25.8 Å². The molecule has 0 spiro atoms. The van der Waals surface area contributed by atoms with Crippen molar-refractivity contribution in [3.63, 3.8) is 0 Å². The molecule has 5 heteroatoms. The summed E-state index contributed by atoms with van der Waals surface area (Å²) in [7, 11) is -3.51. The van der Waals surface area contributed by atoms with Gasteiger partial charge in [-0.3, -0.25) is 0 Å². The fourth-order valence-corrected chi connectivity index (χ4v) is 4.82. The molecule has 1 fully saturated rings. The van der Waals surface area contributed by atoms with Gasteiger partial charge in [-0.2, -0.15) is 9.57 Å². The second-order valence-electron chi connectivity index (χ2n) is 5.86. The molecule has 2 atom stereocenters. The molecule has 1 aromatic rings. The number of hydrogen-bond donors (Lipinski definition) is 0. The van der Waals surface area contributed by atoms with Gasteiger partial charge in [-0.15, -0.1) is 0 Å². The van der Waals surface area contributed by atoms with Crippen LogP contribution in [0.15, 0.2) is 23.1 Å². The van der Waals surface area contributed by atoms with Crippen LogP contribution in [0.2, 0.25) is 0 Å². The highest BCUT2D eigenvalue weighted by molar-refractivity contribution is 7.89. The molecular weight excluding hydrogens is 272 g/mol. The summed E-state index contributed by atoms with van der Waals surface area (Å²) in [5.41, 5.74) is 1.07. The predicted molar refractivity (Wildman–Crippen MR) is 77.6 cm³/mol. The number of sulfonamides is 1. The van der Waals surface area contributed by atoms with Crippen molar-refractivity contribution in [2.24, 2.45) is 11.8 Å². The Morgan fingerprint density at radius 1 is 1.25 bits per heavy atom. The van der Waals surface area contributed by atoms with E-state index in [1.807, 2.05) is 6.07 Å². The minimum atomic E-state index is -3.51. The van der Waals surface area contributed by atoms with Crippen molar-refractivity contribution in [1.82, 2.24) is 4.31 Å². The molecule has 20 heavy (non-hydrogen) atoms. The first-order chi connectivity index (χ1) is 9.34. The van der Waals surface area contributed by atoms with Crippen molar-refractivity contribution in [3.05, 3.63) is 29.3 Å². The molecule has 0 N–H and O–H groups in total. The van der Waals surface area contributed by atoms with Crippen molar-refractivity contribution in [3.8, 4) is 6.07 Å². The van der Waals surface area contributed by atoms with Crippen molar-refractivity contribution in [1.29, 1.82) is 5.26 Å². The van der Waals surface area contributed by atoms with E-state index in [2.05, 4.69) is 13.8 Å². The Morgan fingerprint density at radius 2 is 1.85 bits per heavy atom. The number of nitrogens with zero attached hydrogens (tertiary/aromatic N) is 2. The Hall–Kier alpha value is -1.38. The lowest BCUT2D eigenvalue weighted by Crippen LogP contribution is -2.42. The van der Waals surface area contributed by atoms with Crippen LogP contribution in [-0.2, 0) is 10.0 Å². The number of rotatable bonds is 2. The SMILES string of the molecule is Cc1ccc(C#N)cc1S(=O)(=O)N1CC(C)CC(C)C1. The van der Waals surface area contributed by atoms with Crippen molar-refractivity contribution in [2.75, 3.05) is 13.1 Å². The summed E-state index contributed by atoms with van der Waals surface area (Å²) in [6.07, 6.45) is 1.06. The van der Waals surface area contributed by atoms with Gasteiger partial charge in [-0.1, -0.05) is 19.9 Å².